The standard InChI is InChI=1S/C18H18FN3O/c19-15-9-6-13(7-10-15)8-11-18(23)20-17-12-16(21-22-17)14-4-2-1-3-5-14/h1-11,16-17,21-22H,12H2,(H,20,23)/b11-8+. The third kappa shape index (κ3) is 4.25. The second-order valence-electron chi connectivity index (χ2n) is 5.43. The maximum atomic E-state index is 12.8. The van der Waals surface area contributed by atoms with Gasteiger partial charge in [0.1, 0.15) is 5.82 Å². The Hall–Kier alpha value is -2.50. The van der Waals surface area contributed by atoms with Gasteiger partial charge in [0.2, 0.25) is 5.91 Å². The Morgan fingerprint density at radius 1 is 1.09 bits per heavy atom. The molecule has 2 unspecified atom stereocenters. The van der Waals surface area contributed by atoms with Crippen molar-refractivity contribution in [2.75, 3.05) is 0 Å². The van der Waals surface area contributed by atoms with E-state index in [9.17, 15) is 9.18 Å². The van der Waals surface area contributed by atoms with Gasteiger partial charge in [-0.05, 0) is 29.3 Å². The minimum Gasteiger partial charge on any atom is -0.336 e. The summed E-state index contributed by atoms with van der Waals surface area (Å²) in [5.41, 5.74) is 8.21. The van der Waals surface area contributed by atoms with E-state index < -0.39 is 0 Å². The molecule has 23 heavy (non-hydrogen) atoms. The summed E-state index contributed by atoms with van der Waals surface area (Å²) in [7, 11) is 0. The molecule has 0 spiro atoms. The maximum Gasteiger partial charge on any atom is 0.245 e. The van der Waals surface area contributed by atoms with E-state index in [4.69, 9.17) is 0 Å². The number of carbonyl (C=O) groups is 1. The van der Waals surface area contributed by atoms with Crippen LogP contribution in [-0.4, -0.2) is 12.1 Å². The van der Waals surface area contributed by atoms with Gasteiger partial charge in [-0.3, -0.25) is 4.79 Å². The van der Waals surface area contributed by atoms with Gasteiger partial charge in [0, 0.05) is 18.5 Å². The molecule has 0 aromatic heterocycles. The van der Waals surface area contributed by atoms with Crippen LogP contribution in [0.25, 0.3) is 6.08 Å². The van der Waals surface area contributed by atoms with E-state index in [1.165, 1.54) is 23.8 Å². The molecular formula is C18H18FN3O. The van der Waals surface area contributed by atoms with Crippen LogP contribution in [0.1, 0.15) is 23.6 Å². The lowest BCUT2D eigenvalue weighted by molar-refractivity contribution is -0.117. The fourth-order valence-corrected chi connectivity index (χ4v) is 2.52. The zero-order chi connectivity index (χ0) is 16.1. The SMILES string of the molecule is O=C(/C=C/c1ccc(F)cc1)NC1CC(c2ccccc2)NN1. The van der Waals surface area contributed by atoms with Crippen molar-refractivity contribution in [2.24, 2.45) is 0 Å². The lowest BCUT2D eigenvalue weighted by atomic mass is 10.0. The van der Waals surface area contributed by atoms with Gasteiger partial charge in [-0.25, -0.2) is 15.2 Å². The summed E-state index contributed by atoms with van der Waals surface area (Å²) in [6.07, 6.45) is 3.74. The number of carbonyl (C=O) groups excluding carboxylic acids is 1. The van der Waals surface area contributed by atoms with E-state index in [1.807, 2.05) is 18.2 Å². The summed E-state index contributed by atoms with van der Waals surface area (Å²) in [4.78, 5) is 11.9. The Morgan fingerprint density at radius 2 is 1.83 bits per heavy atom. The molecule has 4 nitrogen and oxygen atoms in total. The Balaban J connectivity index is 1.52. The summed E-state index contributed by atoms with van der Waals surface area (Å²) < 4.78 is 12.8. The van der Waals surface area contributed by atoms with Crippen LogP contribution >= 0.6 is 0 Å². The Labute approximate surface area is 134 Å². The largest absolute Gasteiger partial charge is 0.336 e. The summed E-state index contributed by atoms with van der Waals surface area (Å²) in [6.45, 7) is 0. The second kappa shape index (κ2) is 7.17. The number of nitrogens with one attached hydrogen (secondary N) is 3. The zero-order valence-corrected chi connectivity index (χ0v) is 12.5. The van der Waals surface area contributed by atoms with Crippen LogP contribution in [0.15, 0.2) is 60.7 Å². The summed E-state index contributed by atoms with van der Waals surface area (Å²) in [5.74, 6) is -0.484. The van der Waals surface area contributed by atoms with Gasteiger partial charge in [-0.2, -0.15) is 0 Å². The molecule has 0 aliphatic carbocycles. The first kappa shape index (κ1) is 15.4. The molecule has 1 fully saturated rings. The molecule has 1 aliphatic heterocycles. The Kier molecular flexibility index (Phi) is 4.80. The van der Waals surface area contributed by atoms with Crippen molar-refractivity contribution in [3.05, 3.63) is 77.6 Å². The average Bonchev–Trinajstić information content (AvgIpc) is 3.04. The van der Waals surface area contributed by atoms with Crippen LogP contribution < -0.4 is 16.2 Å². The zero-order valence-electron chi connectivity index (χ0n) is 12.5. The first-order chi connectivity index (χ1) is 11.2. The smallest absolute Gasteiger partial charge is 0.245 e. The third-order valence-electron chi connectivity index (χ3n) is 3.72. The van der Waals surface area contributed by atoms with E-state index in [0.717, 1.165) is 12.0 Å². The first-order valence-corrected chi connectivity index (χ1v) is 7.51. The number of halogens is 1. The molecule has 2 aromatic carbocycles. The number of hydrogen-bond acceptors (Lipinski definition) is 3. The molecule has 0 radical (unpaired) electrons. The summed E-state index contributed by atoms with van der Waals surface area (Å²) in [6, 6.07) is 16.2. The highest BCUT2D eigenvalue weighted by atomic mass is 19.1. The molecule has 5 heteroatoms. The minimum absolute atomic E-state index is 0.134. The van der Waals surface area contributed by atoms with Crippen LogP contribution in [0.5, 0.6) is 0 Å². The molecule has 2 aromatic rings. The highest BCUT2D eigenvalue weighted by Crippen LogP contribution is 2.20. The van der Waals surface area contributed by atoms with Crippen LogP contribution in [0.4, 0.5) is 4.39 Å². The van der Waals surface area contributed by atoms with Gasteiger partial charge in [0.25, 0.3) is 0 Å². The van der Waals surface area contributed by atoms with Crippen LogP contribution in [0.3, 0.4) is 0 Å². The number of rotatable bonds is 4. The second-order valence-corrected chi connectivity index (χ2v) is 5.43. The van der Waals surface area contributed by atoms with Crippen molar-refractivity contribution < 1.29 is 9.18 Å². The lowest BCUT2D eigenvalue weighted by Gasteiger charge is -2.10. The van der Waals surface area contributed by atoms with Gasteiger partial charge in [-0.1, -0.05) is 42.5 Å². The normalized spacial score (nSPS) is 20.7. The Bertz CT molecular complexity index is 685. The number of benzene rings is 2. The van der Waals surface area contributed by atoms with E-state index in [0.29, 0.717) is 0 Å². The van der Waals surface area contributed by atoms with Gasteiger partial charge >= 0.3 is 0 Å². The molecule has 1 amide bonds. The molecular weight excluding hydrogens is 293 g/mol. The van der Waals surface area contributed by atoms with Crippen molar-refractivity contribution in [3.8, 4) is 0 Å². The molecule has 1 aliphatic rings. The fourth-order valence-electron chi connectivity index (χ4n) is 2.52. The quantitative estimate of drug-likeness (QED) is 0.761. The fraction of sp³-hybridized carbons (Fsp3) is 0.167. The average molecular weight is 311 g/mol. The van der Waals surface area contributed by atoms with E-state index >= 15 is 0 Å². The van der Waals surface area contributed by atoms with Gasteiger partial charge in [0.05, 0.1) is 6.17 Å². The molecule has 0 saturated carbocycles. The molecule has 3 rings (SSSR count). The van der Waals surface area contributed by atoms with E-state index in [1.54, 1.807) is 18.2 Å². The maximum absolute atomic E-state index is 12.8. The monoisotopic (exact) mass is 311 g/mol. The minimum atomic E-state index is -0.292. The predicted molar refractivity (Wildman–Crippen MR) is 87.4 cm³/mol. The number of hydrazine groups is 1. The molecule has 118 valence electrons. The van der Waals surface area contributed by atoms with Crippen molar-refractivity contribution in [1.29, 1.82) is 0 Å². The number of hydrogen-bond donors (Lipinski definition) is 3. The third-order valence-corrected chi connectivity index (χ3v) is 3.72. The van der Waals surface area contributed by atoms with Crippen molar-refractivity contribution >= 4 is 12.0 Å². The summed E-state index contributed by atoms with van der Waals surface area (Å²) >= 11 is 0. The lowest BCUT2D eigenvalue weighted by Crippen LogP contribution is -2.43. The predicted octanol–water partition coefficient (Wildman–Crippen LogP) is 2.52. The van der Waals surface area contributed by atoms with Crippen molar-refractivity contribution in [1.82, 2.24) is 16.2 Å². The topological polar surface area (TPSA) is 53.2 Å². The van der Waals surface area contributed by atoms with Crippen LogP contribution in [0.2, 0.25) is 0 Å². The number of amides is 1. The van der Waals surface area contributed by atoms with Crippen LogP contribution in [-0.2, 0) is 4.79 Å². The van der Waals surface area contributed by atoms with Crippen LogP contribution in [0, 0.1) is 5.82 Å². The van der Waals surface area contributed by atoms with Gasteiger partial charge in [0.15, 0.2) is 0 Å². The molecule has 1 heterocycles. The summed E-state index contributed by atoms with van der Waals surface area (Å²) in [5, 5.41) is 2.89. The highest BCUT2D eigenvalue weighted by molar-refractivity contribution is 5.91. The van der Waals surface area contributed by atoms with Gasteiger partial charge < -0.3 is 5.32 Å². The molecule has 2 atom stereocenters. The molecule has 0 bridgehead atoms. The Morgan fingerprint density at radius 3 is 2.57 bits per heavy atom. The van der Waals surface area contributed by atoms with Crippen molar-refractivity contribution in [2.45, 2.75) is 18.6 Å². The highest BCUT2D eigenvalue weighted by Gasteiger charge is 2.25. The van der Waals surface area contributed by atoms with E-state index in [2.05, 4.69) is 28.3 Å². The first-order valence-electron chi connectivity index (χ1n) is 7.51. The molecule has 3 N–H and O–H groups in total. The van der Waals surface area contributed by atoms with Crippen molar-refractivity contribution in [3.63, 3.8) is 0 Å². The van der Waals surface area contributed by atoms with Gasteiger partial charge in [-0.15, -0.1) is 0 Å². The van der Waals surface area contributed by atoms with E-state index in [-0.39, 0.29) is 23.9 Å². The molecule has 1 saturated heterocycles.